The molecule has 0 aliphatic carbocycles. The summed E-state index contributed by atoms with van der Waals surface area (Å²) in [6.07, 6.45) is -8.52. The first-order valence-electron chi connectivity index (χ1n) is 20.1. The van der Waals surface area contributed by atoms with E-state index in [0.717, 1.165) is 16.7 Å². The second-order valence-electron chi connectivity index (χ2n) is 14.5. The summed E-state index contributed by atoms with van der Waals surface area (Å²) >= 11 is 17.8. The Morgan fingerprint density at radius 3 is 2.05 bits per heavy atom. The Bertz CT molecular complexity index is 1900. The zero-order valence-corrected chi connectivity index (χ0v) is 36.6. The van der Waals surface area contributed by atoms with Crippen molar-refractivity contribution in [1.82, 2.24) is 10.6 Å². The highest BCUT2D eigenvalue weighted by Gasteiger charge is 2.53. The Morgan fingerprint density at radius 1 is 0.762 bits per heavy atom. The molecule has 0 radical (unpaired) electrons. The van der Waals surface area contributed by atoms with Crippen LogP contribution < -0.4 is 15.4 Å². The van der Waals surface area contributed by atoms with Crippen LogP contribution in [-0.4, -0.2) is 123 Å². The fourth-order valence-corrected chi connectivity index (χ4v) is 7.24. The second-order valence-corrected chi connectivity index (χ2v) is 17.0. The highest BCUT2D eigenvalue weighted by atomic mass is 35.6. The van der Waals surface area contributed by atoms with Crippen LogP contribution in [0.4, 0.5) is 9.59 Å². The molecule has 19 heteroatoms. The van der Waals surface area contributed by atoms with E-state index < -0.39 is 90.2 Å². The van der Waals surface area contributed by atoms with Crippen molar-refractivity contribution >= 4 is 47.0 Å². The van der Waals surface area contributed by atoms with Crippen molar-refractivity contribution in [2.24, 2.45) is 0 Å². The predicted molar refractivity (Wildman–Crippen MR) is 229 cm³/mol. The van der Waals surface area contributed by atoms with Gasteiger partial charge < -0.3 is 67.8 Å². The normalized spacial score (nSPS) is 28.2. The highest BCUT2D eigenvalue weighted by molar-refractivity contribution is 6.67. The van der Waals surface area contributed by atoms with Crippen molar-refractivity contribution in [3.05, 3.63) is 127 Å². The lowest BCUT2D eigenvalue weighted by atomic mass is 9.94. The molecule has 0 saturated carbocycles. The number of aliphatic hydroxyl groups is 1. The van der Waals surface area contributed by atoms with E-state index in [4.69, 9.17) is 86.9 Å². The van der Waals surface area contributed by atoms with Gasteiger partial charge in [-0.05, 0) is 23.3 Å². The first-order valence-corrected chi connectivity index (χ1v) is 21.2. The van der Waals surface area contributed by atoms with Crippen molar-refractivity contribution in [2.75, 3.05) is 40.1 Å². The summed E-state index contributed by atoms with van der Waals surface area (Å²) in [4.78, 5) is 26.3. The average Bonchev–Trinajstić information content (AvgIpc) is 3.29. The molecule has 0 spiro atoms. The number of ether oxygens (including phenoxy) is 11. The van der Waals surface area contributed by atoms with Crippen molar-refractivity contribution < 1.29 is 66.8 Å². The van der Waals surface area contributed by atoms with Crippen LogP contribution in [0.2, 0.25) is 0 Å². The van der Waals surface area contributed by atoms with Crippen LogP contribution in [0, 0.1) is 0 Å². The Balaban J connectivity index is 1.30. The molecule has 0 bridgehead atoms. The number of alkyl halides is 3. The number of methoxy groups -OCH3 is 1. The molecule has 3 saturated heterocycles. The molecule has 11 atom stereocenters. The highest BCUT2D eigenvalue weighted by Crippen LogP contribution is 2.37. The Labute approximate surface area is 380 Å². The van der Waals surface area contributed by atoms with Gasteiger partial charge in [-0.25, -0.2) is 9.59 Å². The lowest BCUT2D eigenvalue weighted by molar-refractivity contribution is -0.355. The van der Waals surface area contributed by atoms with Crippen molar-refractivity contribution in [1.29, 1.82) is 0 Å². The van der Waals surface area contributed by atoms with Crippen LogP contribution in [0.5, 0.6) is 5.75 Å². The number of hydrogen-bond donors (Lipinski definition) is 3. The van der Waals surface area contributed by atoms with Crippen LogP contribution in [0.15, 0.2) is 110 Å². The molecule has 16 nitrogen and oxygen atoms in total. The van der Waals surface area contributed by atoms with Gasteiger partial charge in [0.05, 0.1) is 40.1 Å². The number of hydrogen-bond acceptors (Lipinski definition) is 14. The van der Waals surface area contributed by atoms with E-state index in [-0.39, 0.29) is 39.6 Å². The molecule has 3 aliphatic heterocycles. The van der Waals surface area contributed by atoms with E-state index in [0.29, 0.717) is 5.75 Å². The minimum absolute atomic E-state index is 0.00528. The molecule has 0 aromatic heterocycles. The van der Waals surface area contributed by atoms with Gasteiger partial charge in [0.25, 0.3) is 0 Å². The molecule has 3 fully saturated rings. The fraction of sp³-hybridized carbons (Fsp3) is 0.455. The molecule has 3 aromatic rings. The smallest absolute Gasteiger partial charge is 0.407 e. The largest absolute Gasteiger partial charge is 0.497 e. The van der Waals surface area contributed by atoms with Crippen LogP contribution in [0.25, 0.3) is 0 Å². The zero-order chi connectivity index (χ0) is 44.8. The van der Waals surface area contributed by atoms with Gasteiger partial charge in [0.15, 0.2) is 18.9 Å². The van der Waals surface area contributed by atoms with Crippen LogP contribution in [0.3, 0.4) is 0 Å². The van der Waals surface area contributed by atoms with E-state index in [9.17, 15) is 14.7 Å². The van der Waals surface area contributed by atoms with E-state index in [2.05, 4.69) is 23.8 Å². The van der Waals surface area contributed by atoms with Crippen LogP contribution in [-0.2, 0) is 60.6 Å². The van der Waals surface area contributed by atoms with E-state index in [1.54, 1.807) is 19.2 Å². The van der Waals surface area contributed by atoms with Gasteiger partial charge in [0, 0.05) is 5.56 Å². The topological polar surface area (TPSA) is 180 Å². The number of aliphatic hydroxyl groups excluding tert-OH is 1. The van der Waals surface area contributed by atoms with Gasteiger partial charge in [-0.2, -0.15) is 0 Å². The fourth-order valence-electron chi connectivity index (χ4n) is 7.07. The molecule has 3 aliphatic rings. The molecule has 3 N–H and O–H groups in total. The summed E-state index contributed by atoms with van der Waals surface area (Å²) in [5.41, 5.74) is 2.33. The van der Waals surface area contributed by atoms with Gasteiger partial charge in [0.1, 0.15) is 67.7 Å². The van der Waals surface area contributed by atoms with Gasteiger partial charge in [0.2, 0.25) is 3.79 Å². The molecule has 3 aromatic carbocycles. The minimum atomic E-state index is -1.91. The Hall–Kier alpha value is -4.01. The third-order valence-corrected chi connectivity index (χ3v) is 10.4. The standard InChI is InChI=1S/C44H51Cl3N2O14/c1-4-20-54-40-33(48-42(51)55-21-5-2)35(50)36(56-22-27-12-8-6-9-13-27)31(61-40)24-59-41-34(49-43(52)60-26-44(45,46)47)38(57-23-28-16-18-30(53-3)19-17-28)37-32(62-41)25-58-39(63-37)29-14-10-7-11-15-29/h4-19,31-41,50H,1-2,20-26H2,3H3,(H,48,51)(H,49,52)/t31-,32-,33-,34-,35-,36-,37-,38-,39?,40+,41-/m1/s1. The maximum absolute atomic E-state index is 13.5. The SMILES string of the molecule is C=CCOC(=O)N[C@H]1[C@@H](OCC=C)O[C@H](CO[C@@H]2O[C@@H]3COC(c4ccccc4)O[C@H]3[C@H](OCc3ccc(OC)cc3)[C@H]2NC(=O)OCC(Cl)(Cl)Cl)[C@@H](OCc2ccccc2)[C@@H]1O. The van der Waals surface area contributed by atoms with E-state index in [1.165, 1.54) is 12.2 Å². The van der Waals surface area contributed by atoms with Gasteiger partial charge in [-0.15, -0.1) is 6.58 Å². The van der Waals surface area contributed by atoms with Crippen molar-refractivity contribution in [3.8, 4) is 5.75 Å². The maximum atomic E-state index is 13.5. The monoisotopic (exact) mass is 936 g/mol. The summed E-state index contributed by atoms with van der Waals surface area (Å²) in [5.74, 6) is 0.654. The van der Waals surface area contributed by atoms with Crippen LogP contribution >= 0.6 is 34.8 Å². The number of carbonyl (C=O) groups excluding carboxylic acids is 2. The summed E-state index contributed by atoms with van der Waals surface area (Å²) in [6.45, 7) is 6.45. The van der Waals surface area contributed by atoms with Gasteiger partial charge >= 0.3 is 12.2 Å². The summed E-state index contributed by atoms with van der Waals surface area (Å²) < 4.78 is 64.9. The van der Waals surface area contributed by atoms with E-state index in [1.807, 2.05) is 72.8 Å². The predicted octanol–water partition coefficient (Wildman–Crippen LogP) is 6.06. The summed E-state index contributed by atoms with van der Waals surface area (Å²) in [6, 6.07) is 23.5. The molecule has 63 heavy (non-hydrogen) atoms. The number of benzene rings is 3. The summed E-state index contributed by atoms with van der Waals surface area (Å²) in [5, 5.41) is 17.3. The minimum Gasteiger partial charge on any atom is -0.497 e. The van der Waals surface area contributed by atoms with Gasteiger partial charge in [-0.3, -0.25) is 0 Å². The molecular formula is C44H51Cl3N2O14. The van der Waals surface area contributed by atoms with E-state index >= 15 is 0 Å². The van der Waals surface area contributed by atoms with Crippen LogP contribution in [0.1, 0.15) is 23.0 Å². The number of nitrogens with one attached hydrogen (secondary N) is 2. The number of carbonyl (C=O) groups is 2. The Morgan fingerprint density at radius 2 is 1.38 bits per heavy atom. The first-order chi connectivity index (χ1) is 30.5. The van der Waals surface area contributed by atoms with Crippen molar-refractivity contribution in [3.63, 3.8) is 0 Å². The molecule has 342 valence electrons. The third-order valence-electron chi connectivity index (χ3n) is 10.0. The maximum Gasteiger partial charge on any atom is 0.407 e. The third kappa shape index (κ3) is 14.0. The quantitative estimate of drug-likeness (QED) is 0.0934. The van der Waals surface area contributed by atoms with Crippen molar-refractivity contribution in [2.45, 2.75) is 84.6 Å². The first kappa shape index (κ1) is 48.4. The molecule has 2 amide bonds. The average molecular weight is 938 g/mol. The lowest BCUT2D eigenvalue weighted by Crippen LogP contribution is -2.68. The van der Waals surface area contributed by atoms with Gasteiger partial charge in [-0.1, -0.05) is 126 Å². The number of rotatable bonds is 19. The second kappa shape index (κ2) is 23.8. The lowest BCUT2D eigenvalue weighted by Gasteiger charge is -2.49. The molecule has 1 unspecified atom stereocenters. The number of alkyl carbamates (subject to hydrolysis) is 2. The summed E-state index contributed by atoms with van der Waals surface area (Å²) in [7, 11) is 1.57. The zero-order valence-electron chi connectivity index (χ0n) is 34.3. The molecular weight excluding hydrogens is 887 g/mol. The Kier molecular flexibility index (Phi) is 18.3. The molecule has 6 rings (SSSR count). The molecule has 3 heterocycles. The number of amides is 2. The number of halogens is 3. The number of fused-ring (bicyclic) bond motifs is 1.